The second-order valence-electron chi connectivity index (χ2n) is 5.98. The van der Waals surface area contributed by atoms with Crippen molar-refractivity contribution in [1.82, 2.24) is 19.8 Å². The Balaban J connectivity index is 1.36. The molecule has 0 aliphatic carbocycles. The summed E-state index contributed by atoms with van der Waals surface area (Å²) in [6, 6.07) is 12.7. The van der Waals surface area contributed by atoms with Crippen molar-refractivity contribution in [3.8, 4) is 0 Å². The Morgan fingerprint density at radius 2 is 2.10 bits per heavy atom. The van der Waals surface area contributed by atoms with Gasteiger partial charge in [0, 0.05) is 24.0 Å². The molecule has 0 fully saturated rings. The molecule has 0 aliphatic heterocycles. The van der Waals surface area contributed by atoms with E-state index in [4.69, 9.17) is 4.52 Å². The maximum absolute atomic E-state index is 12.1. The topological polar surface area (TPSA) is 102 Å². The molecule has 1 aromatic carbocycles. The molecule has 8 nitrogen and oxygen atoms in total. The molecular weight excluding hydrogens is 410 g/mol. The highest BCUT2D eigenvalue weighted by atomic mass is 32.2. The lowest BCUT2D eigenvalue weighted by molar-refractivity contribution is -0.111. The highest BCUT2D eigenvalue weighted by Gasteiger charge is 2.10. The molecule has 146 valence electrons. The minimum Gasteiger partial charge on any atom is -0.375 e. The van der Waals surface area contributed by atoms with Gasteiger partial charge in [-0.15, -0.1) is 14.8 Å². The van der Waals surface area contributed by atoms with Crippen molar-refractivity contribution in [3.63, 3.8) is 0 Å². The first-order chi connectivity index (χ1) is 14.1. The van der Waals surface area contributed by atoms with Crippen molar-refractivity contribution in [3.05, 3.63) is 75.9 Å². The normalized spacial score (nSPS) is 11.3. The summed E-state index contributed by atoms with van der Waals surface area (Å²) in [7, 11) is 0. The van der Waals surface area contributed by atoms with Crippen molar-refractivity contribution in [2.24, 2.45) is 0 Å². The van der Waals surface area contributed by atoms with Crippen LogP contribution in [0, 0.1) is 6.92 Å². The molecule has 0 saturated heterocycles. The predicted octanol–water partition coefficient (Wildman–Crippen LogP) is 3.39. The number of anilines is 1. The van der Waals surface area contributed by atoms with Crippen LogP contribution in [0.4, 0.5) is 5.13 Å². The summed E-state index contributed by atoms with van der Waals surface area (Å²) < 4.78 is 7.10. The first-order valence-corrected chi connectivity index (χ1v) is 10.4. The first kappa shape index (κ1) is 19.1. The van der Waals surface area contributed by atoms with E-state index >= 15 is 0 Å². The van der Waals surface area contributed by atoms with Gasteiger partial charge in [0.1, 0.15) is 5.76 Å². The summed E-state index contributed by atoms with van der Waals surface area (Å²) in [5.74, 6) is 0.786. The van der Waals surface area contributed by atoms with E-state index in [9.17, 15) is 9.59 Å². The lowest BCUT2D eigenvalue weighted by Gasteiger charge is -1.98. The van der Waals surface area contributed by atoms with Gasteiger partial charge in [0.25, 0.3) is 5.56 Å². The van der Waals surface area contributed by atoms with E-state index in [1.165, 1.54) is 35.2 Å². The largest absolute Gasteiger partial charge is 0.375 e. The van der Waals surface area contributed by atoms with Crippen LogP contribution in [-0.2, 0) is 10.5 Å². The molecule has 0 radical (unpaired) electrons. The highest BCUT2D eigenvalue weighted by molar-refractivity contribution is 8.00. The molecule has 10 heteroatoms. The Bertz CT molecular complexity index is 1240. The number of nitrogens with one attached hydrogen (secondary N) is 1. The number of benzene rings is 1. The first-order valence-electron chi connectivity index (χ1n) is 8.57. The monoisotopic (exact) mass is 425 g/mol. The maximum Gasteiger partial charge on any atom is 0.287 e. The Kier molecular flexibility index (Phi) is 5.54. The van der Waals surface area contributed by atoms with Gasteiger partial charge in [-0.25, -0.2) is 4.98 Å². The number of carbonyl (C=O) groups is 1. The van der Waals surface area contributed by atoms with Crippen LogP contribution in [0.15, 0.2) is 62.2 Å². The molecule has 0 atom stereocenters. The number of rotatable bonds is 6. The zero-order valence-electron chi connectivity index (χ0n) is 15.2. The molecular formula is C19H15N5O3S2. The quantitative estimate of drug-likeness (QED) is 0.287. The van der Waals surface area contributed by atoms with Gasteiger partial charge in [-0.3, -0.25) is 14.9 Å². The molecule has 4 rings (SSSR count). The molecule has 0 unspecified atom stereocenters. The molecule has 0 spiro atoms. The van der Waals surface area contributed by atoms with Crippen molar-refractivity contribution < 1.29 is 9.32 Å². The average Bonchev–Trinajstić information content (AvgIpc) is 3.31. The molecule has 1 N–H and O–H groups in total. The van der Waals surface area contributed by atoms with Crippen LogP contribution in [0.25, 0.3) is 11.7 Å². The lowest BCUT2D eigenvalue weighted by atomic mass is 10.2. The fourth-order valence-electron chi connectivity index (χ4n) is 2.49. The third kappa shape index (κ3) is 4.79. The highest BCUT2D eigenvalue weighted by Crippen LogP contribution is 2.27. The van der Waals surface area contributed by atoms with Crippen molar-refractivity contribution >= 4 is 45.9 Å². The smallest absolute Gasteiger partial charge is 0.287 e. The van der Waals surface area contributed by atoms with E-state index < -0.39 is 0 Å². The van der Waals surface area contributed by atoms with Crippen LogP contribution in [0.2, 0.25) is 0 Å². The number of hydrogen-bond acceptors (Lipinski definition) is 8. The van der Waals surface area contributed by atoms with Gasteiger partial charge in [0.15, 0.2) is 9.99 Å². The summed E-state index contributed by atoms with van der Waals surface area (Å²) in [4.78, 5) is 28.5. The predicted molar refractivity (Wildman–Crippen MR) is 112 cm³/mol. The van der Waals surface area contributed by atoms with Crippen LogP contribution in [0.5, 0.6) is 0 Å². The molecule has 1 amide bonds. The lowest BCUT2D eigenvalue weighted by Crippen LogP contribution is -2.12. The van der Waals surface area contributed by atoms with Crippen LogP contribution >= 0.6 is 23.1 Å². The number of hydrogen-bond donors (Lipinski definition) is 1. The van der Waals surface area contributed by atoms with Gasteiger partial charge in [0.05, 0.1) is 5.69 Å². The number of aryl methyl sites for hydroxylation is 1. The van der Waals surface area contributed by atoms with Crippen molar-refractivity contribution in [2.45, 2.75) is 17.0 Å². The van der Waals surface area contributed by atoms with E-state index in [0.29, 0.717) is 32.3 Å². The second-order valence-corrected chi connectivity index (χ2v) is 8.18. The Morgan fingerprint density at radius 3 is 2.93 bits per heavy atom. The van der Waals surface area contributed by atoms with Gasteiger partial charge >= 0.3 is 0 Å². The van der Waals surface area contributed by atoms with E-state index in [2.05, 4.69) is 20.5 Å². The number of fused-ring (bicyclic) bond motifs is 1. The Labute approximate surface area is 173 Å². The van der Waals surface area contributed by atoms with E-state index in [-0.39, 0.29) is 11.5 Å². The van der Waals surface area contributed by atoms with Crippen LogP contribution in [0.1, 0.15) is 17.0 Å². The molecule has 3 aromatic heterocycles. The van der Waals surface area contributed by atoms with Gasteiger partial charge < -0.3 is 4.52 Å². The van der Waals surface area contributed by atoms with Gasteiger partial charge in [-0.05, 0) is 18.6 Å². The van der Waals surface area contributed by atoms with E-state index in [1.54, 1.807) is 19.1 Å². The Hall–Kier alpha value is -3.24. The summed E-state index contributed by atoms with van der Waals surface area (Å²) in [6.45, 7) is 1.76. The van der Waals surface area contributed by atoms with Crippen LogP contribution in [0.3, 0.4) is 0 Å². The minimum atomic E-state index is -0.281. The molecule has 0 bridgehead atoms. The molecule has 0 saturated carbocycles. The standard InChI is InChI=1S/C19H15N5O3S2/c1-12-9-15-20-14(10-17(26)24(15)27-12)11-28-19-23-22-18(29-19)21-16(25)8-7-13-5-3-2-4-6-13/h2-10H,11H2,1H3,(H,21,22,25). The third-order valence-electron chi connectivity index (χ3n) is 3.73. The fourth-order valence-corrected chi connectivity index (χ4v) is 4.13. The molecule has 4 aromatic rings. The SMILES string of the molecule is Cc1cc2nc(CSc3nnc(NC(=O)C=Cc4ccccc4)s3)cc(=O)n2o1. The number of amides is 1. The summed E-state index contributed by atoms with van der Waals surface area (Å²) in [5.41, 5.74) is 1.76. The van der Waals surface area contributed by atoms with Crippen LogP contribution in [-0.4, -0.2) is 25.7 Å². The van der Waals surface area contributed by atoms with Gasteiger partial charge in [-0.2, -0.15) is 0 Å². The second kappa shape index (κ2) is 8.41. The molecule has 0 aliphatic rings. The Morgan fingerprint density at radius 1 is 1.28 bits per heavy atom. The number of thioether (sulfide) groups is 1. The fraction of sp³-hybridized carbons (Fsp3) is 0.105. The maximum atomic E-state index is 12.1. The van der Waals surface area contributed by atoms with Gasteiger partial charge in [-0.1, -0.05) is 53.4 Å². The molecule has 3 heterocycles. The van der Waals surface area contributed by atoms with E-state index in [1.807, 2.05) is 30.3 Å². The summed E-state index contributed by atoms with van der Waals surface area (Å²) in [6.07, 6.45) is 3.17. The van der Waals surface area contributed by atoms with Crippen LogP contribution < -0.4 is 10.9 Å². The number of carbonyl (C=O) groups excluding carboxylic acids is 1. The van der Waals surface area contributed by atoms with E-state index in [0.717, 1.165) is 10.1 Å². The zero-order chi connectivity index (χ0) is 20.2. The zero-order valence-corrected chi connectivity index (χ0v) is 16.9. The van der Waals surface area contributed by atoms with Crippen molar-refractivity contribution in [2.75, 3.05) is 5.32 Å². The van der Waals surface area contributed by atoms with Gasteiger partial charge in [0.2, 0.25) is 11.0 Å². The molecule has 29 heavy (non-hydrogen) atoms. The summed E-state index contributed by atoms with van der Waals surface area (Å²) >= 11 is 2.65. The average molecular weight is 425 g/mol. The summed E-state index contributed by atoms with van der Waals surface area (Å²) in [5, 5.41) is 11.1. The van der Waals surface area contributed by atoms with Crippen molar-refractivity contribution in [1.29, 1.82) is 0 Å². The minimum absolute atomic E-state index is 0.269. The number of aromatic nitrogens is 4. The third-order valence-corrected chi connectivity index (χ3v) is 5.74. The number of nitrogens with zero attached hydrogens (tertiary/aromatic N) is 4.